The molecule has 0 aliphatic carbocycles. The standard InChI is InChI=1S/C25H30N4O2/c1-26-25(29-14-12-21(13-15-29)20-8-3-2-4-9-20)27-18-19-7-5-10-22(17-19)28-24(30)23-11-6-16-31-23/h2-5,7-10,12,17,23H,6,11,13-16,18H2,1H3,(H,26,27)(H,28,30). The summed E-state index contributed by atoms with van der Waals surface area (Å²) in [6.07, 6.45) is 4.69. The Bertz CT molecular complexity index is 949. The molecule has 6 nitrogen and oxygen atoms in total. The molecule has 0 aromatic heterocycles. The van der Waals surface area contributed by atoms with Gasteiger partial charge in [-0.15, -0.1) is 0 Å². The molecule has 6 heteroatoms. The minimum atomic E-state index is -0.325. The summed E-state index contributed by atoms with van der Waals surface area (Å²) in [5.74, 6) is 0.824. The van der Waals surface area contributed by atoms with Crippen LogP contribution in [0, 0.1) is 0 Å². The summed E-state index contributed by atoms with van der Waals surface area (Å²) in [7, 11) is 1.82. The Morgan fingerprint density at radius 3 is 2.77 bits per heavy atom. The van der Waals surface area contributed by atoms with E-state index in [0.29, 0.717) is 13.2 Å². The lowest BCUT2D eigenvalue weighted by molar-refractivity contribution is -0.124. The highest BCUT2D eigenvalue weighted by Crippen LogP contribution is 2.22. The van der Waals surface area contributed by atoms with Gasteiger partial charge in [0.05, 0.1) is 0 Å². The second kappa shape index (κ2) is 10.3. The molecule has 1 saturated heterocycles. The minimum Gasteiger partial charge on any atom is -0.368 e. The number of ether oxygens (including phenoxy) is 1. The molecule has 31 heavy (non-hydrogen) atoms. The number of benzene rings is 2. The normalized spacial score (nSPS) is 19.1. The highest BCUT2D eigenvalue weighted by molar-refractivity contribution is 5.94. The van der Waals surface area contributed by atoms with Crippen molar-refractivity contribution in [3.8, 4) is 0 Å². The van der Waals surface area contributed by atoms with Crippen molar-refractivity contribution < 1.29 is 9.53 Å². The van der Waals surface area contributed by atoms with Gasteiger partial charge in [0.2, 0.25) is 0 Å². The van der Waals surface area contributed by atoms with Crippen LogP contribution < -0.4 is 10.6 Å². The van der Waals surface area contributed by atoms with E-state index in [4.69, 9.17) is 4.74 Å². The molecule has 0 radical (unpaired) electrons. The lowest BCUT2D eigenvalue weighted by Gasteiger charge is -2.30. The molecule has 1 unspecified atom stereocenters. The van der Waals surface area contributed by atoms with Crippen molar-refractivity contribution >= 4 is 23.1 Å². The van der Waals surface area contributed by atoms with Gasteiger partial charge in [-0.1, -0.05) is 48.5 Å². The smallest absolute Gasteiger partial charge is 0.253 e. The van der Waals surface area contributed by atoms with Crippen molar-refractivity contribution in [2.45, 2.75) is 31.9 Å². The molecule has 0 spiro atoms. The number of anilines is 1. The van der Waals surface area contributed by atoms with Gasteiger partial charge in [-0.05, 0) is 48.1 Å². The van der Waals surface area contributed by atoms with Crippen LogP contribution >= 0.6 is 0 Å². The second-order valence-corrected chi connectivity index (χ2v) is 7.88. The van der Waals surface area contributed by atoms with E-state index in [9.17, 15) is 4.79 Å². The fraction of sp³-hybridized carbons (Fsp3) is 0.360. The average Bonchev–Trinajstić information content (AvgIpc) is 3.36. The van der Waals surface area contributed by atoms with Crippen LogP contribution in [0.5, 0.6) is 0 Å². The molecule has 1 atom stereocenters. The fourth-order valence-electron chi connectivity index (χ4n) is 4.06. The molecule has 1 amide bonds. The molecule has 2 aromatic carbocycles. The van der Waals surface area contributed by atoms with Gasteiger partial charge in [-0.3, -0.25) is 9.79 Å². The number of rotatable bonds is 5. The molecule has 1 fully saturated rings. The zero-order chi connectivity index (χ0) is 21.5. The third kappa shape index (κ3) is 5.52. The second-order valence-electron chi connectivity index (χ2n) is 7.88. The molecule has 162 valence electrons. The topological polar surface area (TPSA) is 66.0 Å². The van der Waals surface area contributed by atoms with Crippen LogP contribution in [0.2, 0.25) is 0 Å². The first kappa shape index (κ1) is 21.1. The van der Waals surface area contributed by atoms with E-state index < -0.39 is 0 Å². The first-order chi connectivity index (χ1) is 15.2. The molecule has 2 aliphatic heterocycles. The highest BCUT2D eigenvalue weighted by Gasteiger charge is 2.23. The van der Waals surface area contributed by atoms with Crippen LogP contribution in [0.1, 0.15) is 30.4 Å². The van der Waals surface area contributed by atoms with Crippen LogP contribution in [0.3, 0.4) is 0 Å². The number of hydrogen-bond acceptors (Lipinski definition) is 3. The molecule has 0 saturated carbocycles. The number of nitrogens with zero attached hydrogens (tertiary/aromatic N) is 2. The van der Waals surface area contributed by atoms with Gasteiger partial charge >= 0.3 is 0 Å². The molecule has 2 aliphatic rings. The van der Waals surface area contributed by atoms with Crippen molar-refractivity contribution in [3.63, 3.8) is 0 Å². The Morgan fingerprint density at radius 2 is 2.06 bits per heavy atom. The van der Waals surface area contributed by atoms with Gasteiger partial charge in [0.15, 0.2) is 5.96 Å². The maximum atomic E-state index is 12.3. The summed E-state index contributed by atoms with van der Waals surface area (Å²) in [6.45, 7) is 3.07. The number of amides is 1. The SMILES string of the molecule is CN=C(NCc1cccc(NC(=O)C2CCCO2)c1)N1CC=C(c2ccccc2)CC1. The molecular formula is C25H30N4O2. The predicted molar refractivity (Wildman–Crippen MR) is 125 cm³/mol. The van der Waals surface area contributed by atoms with Gasteiger partial charge in [0, 0.05) is 39.0 Å². The van der Waals surface area contributed by atoms with Gasteiger partial charge in [0.25, 0.3) is 5.91 Å². The van der Waals surface area contributed by atoms with E-state index in [1.807, 2.05) is 37.4 Å². The fourth-order valence-corrected chi connectivity index (χ4v) is 4.06. The zero-order valence-corrected chi connectivity index (χ0v) is 18.0. The largest absolute Gasteiger partial charge is 0.368 e. The first-order valence-corrected chi connectivity index (χ1v) is 10.9. The Labute approximate surface area is 184 Å². The van der Waals surface area contributed by atoms with Crippen molar-refractivity contribution in [2.75, 3.05) is 32.1 Å². The molecule has 0 bridgehead atoms. The maximum absolute atomic E-state index is 12.3. The van der Waals surface area contributed by atoms with E-state index in [2.05, 4.69) is 50.9 Å². The number of carbonyl (C=O) groups excluding carboxylic acids is 1. The molecule has 2 aromatic rings. The van der Waals surface area contributed by atoms with Gasteiger partial charge in [-0.25, -0.2) is 0 Å². The van der Waals surface area contributed by atoms with E-state index in [1.165, 1.54) is 11.1 Å². The van der Waals surface area contributed by atoms with Crippen LogP contribution in [0.15, 0.2) is 65.7 Å². The number of guanidine groups is 1. The number of nitrogens with one attached hydrogen (secondary N) is 2. The Hall–Kier alpha value is -3.12. The van der Waals surface area contributed by atoms with Crippen molar-refractivity contribution in [1.29, 1.82) is 0 Å². The summed E-state index contributed by atoms with van der Waals surface area (Å²) in [5, 5.41) is 6.42. The quantitative estimate of drug-likeness (QED) is 0.574. The minimum absolute atomic E-state index is 0.0623. The lowest BCUT2D eigenvalue weighted by Crippen LogP contribution is -2.43. The molecule has 2 N–H and O–H groups in total. The van der Waals surface area contributed by atoms with Gasteiger partial charge in [-0.2, -0.15) is 0 Å². The zero-order valence-electron chi connectivity index (χ0n) is 18.0. The third-order valence-electron chi connectivity index (χ3n) is 5.73. The summed E-state index contributed by atoms with van der Waals surface area (Å²) >= 11 is 0. The van der Waals surface area contributed by atoms with Crippen LogP contribution in [-0.2, 0) is 16.1 Å². The third-order valence-corrected chi connectivity index (χ3v) is 5.73. The molecule has 4 rings (SSSR count). The van der Waals surface area contributed by atoms with E-state index >= 15 is 0 Å². The monoisotopic (exact) mass is 418 g/mol. The van der Waals surface area contributed by atoms with Gasteiger partial charge < -0.3 is 20.3 Å². The van der Waals surface area contributed by atoms with Crippen molar-refractivity contribution in [2.24, 2.45) is 4.99 Å². The van der Waals surface area contributed by atoms with Crippen LogP contribution in [0.25, 0.3) is 5.57 Å². The number of aliphatic imine (C=N–C) groups is 1. The summed E-state index contributed by atoms with van der Waals surface area (Å²) in [6, 6.07) is 18.5. The van der Waals surface area contributed by atoms with Crippen LogP contribution in [0.4, 0.5) is 5.69 Å². The Kier molecular flexibility index (Phi) is 6.99. The Balaban J connectivity index is 1.32. The highest BCUT2D eigenvalue weighted by atomic mass is 16.5. The molecular weight excluding hydrogens is 388 g/mol. The molecule has 2 heterocycles. The summed E-state index contributed by atoms with van der Waals surface area (Å²) < 4.78 is 5.46. The maximum Gasteiger partial charge on any atom is 0.253 e. The van der Waals surface area contributed by atoms with Crippen molar-refractivity contribution in [3.05, 3.63) is 71.8 Å². The summed E-state index contributed by atoms with van der Waals surface area (Å²) in [4.78, 5) is 19.0. The van der Waals surface area contributed by atoms with Crippen LogP contribution in [-0.4, -0.2) is 49.6 Å². The van der Waals surface area contributed by atoms with Crippen molar-refractivity contribution in [1.82, 2.24) is 10.2 Å². The lowest BCUT2D eigenvalue weighted by atomic mass is 10.00. The predicted octanol–water partition coefficient (Wildman–Crippen LogP) is 3.67. The average molecular weight is 419 g/mol. The Morgan fingerprint density at radius 1 is 1.19 bits per heavy atom. The number of carbonyl (C=O) groups is 1. The number of hydrogen-bond donors (Lipinski definition) is 2. The van der Waals surface area contributed by atoms with E-state index in [0.717, 1.165) is 49.6 Å². The van der Waals surface area contributed by atoms with Gasteiger partial charge in [0.1, 0.15) is 6.10 Å². The van der Waals surface area contributed by atoms with E-state index in [1.54, 1.807) is 0 Å². The first-order valence-electron chi connectivity index (χ1n) is 10.9. The summed E-state index contributed by atoms with van der Waals surface area (Å²) in [5.41, 5.74) is 4.57. The van der Waals surface area contributed by atoms with E-state index in [-0.39, 0.29) is 12.0 Å².